The van der Waals surface area contributed by atoms with Gasteiger partial charge in [0.15, 0.2) is 0 Å². The zero-order chi connectivity index (χ0) is 15.5. The first-order valence-corrected chi connectivity index (χ1v) is 7.83. The molecule has 0 aliphatic rings. The summed E-state index contributed by atoms with van der Waals surface area (Å²) < 4.78 is 12.0. The third kappa shape index (κ3) is 3.50. The molecule has 112 valence electrons. The molecule has 0 fully saturated rings. The van der Waals surface area contributed by atoms with E-state index >= 15 is 0 Å². The van der Waals surface area contributed by atoms with E-state index in [-0.39, 0.29) is 6.01 Å². The van der Waals surface area contributed by atoms with Crippen LogP contribution < -0.4 is 10.5 Å². The lowest BCUT2D eigenvalue weighted by Gasteiger charge is -2.09. The smallest absolute Gasteiger partial charge is 0.313 e. The van der Waals surface area contributed by atoms with Crippen molar-refractivity contribution in [1.29, 1.82) is 0 Å². The topological polar surface area (TPSA) is 74.2 Å². The van der Waals surface area contributed by atoms with E-state index in [2.05, 4.69) is 32.8 Å². The monoisotopic (exact) mass is 427 g/mol. The second kappa shape index (κ2) is 6.53. The van der Waals surface area contributed by atoms with Crippen LogP contribution in [0.25, 0.3) is 11.5 Å². The molecule has 2 N–H and O–H groups in total. The Hall–Kier alpha value is -1.80. The molecule has 22 heavy (non-hydrogen) atoms. The number of ether oxygens (including phenoxy) is 1. The van der Waals surface area contributed by atoms with Crippen LogP contribution in [0, 0.1) is 3.57 Å². The van der Waals surface area contributed by atoms with Gasteiger partial charge in [-0.05, 0) is 58.5 Å². The zero-order valence-corrected chi connectivity index (χ0v) is 14.2. The maximum Gasteiger partial charge on any atom is 0.313 e. The summed E-state index contributed by atoms with van der Waals surface area (Å²) in [7, 11) is 0. The molecule has 0 aliphatic carbocycles. The summed E-state index contributed by atoms with van der Waals surface area (Å²) in [6.45, 7) is 0.472. The maximum absolute atomic E-state index is 5.86. The lowest BCUT2D eigenvalue weighted by Crippen LogP contribution is -1.97. The Morgan fingerprint density at radius 2 is 1.91 bits per heavy atom. The van der Waals surface area contributed by atoms with Crippen LogP contribution in [0.2, 0.25) is 5.02 Å². The number of nitrogens with zero attached hydrogens (tertiary/aromatic N) is 2. The summed E-state index contributed by atoms with van der Waals surface area (Å²) in [5, 5.41) is 8.21. The molecule has 0 saturated heterocycles. The lowest BCUT2D eigenvalue weighted by atomic mass is 10.2. The number of anilines is 1. The van der Waals surface area contributed by atoms with Gasteiger partial charge in [-0.25, -0.2) is 0 Å². The molecule has 7 heteroatoms. The van der Waals surface area contributed by atoms with Gasteiger partial charge in [-0.15, -0.1) is 5.10 Å². The number of halogens is 2. The third-order valence-electron chi connectivity index (χ3n) is 2.93. The van der Waals surface area contributed by atoms with E-state index in [4.69, 9.17) is 26.5 Å². The van der Waals surface area contributed by atoms with Crippen LogP contribution in [-0.4, -0.2) is 10.2 Å². The van der Waals surface area contributed by atoms with Gasteiger partial charge in [-0.1, -0.05) is 28.8 Å². The number of hydrogen-bond donors (Lipinski definition) is 1. The van der Waals surface area contributed by atoms with Crippen molar-refractivity contribution in [2.75, 3.05) is 5.73 Å². The number of nitrogens with two attached hydrogens (primary N) is 1. The minimum absolute atomic E-state index is 0.0491. The van der Waals surface area contributed by atoms with Gasteiger partial charge in [-0.2, -0.15) is 0 Å². The minimum Gasteiger partial charge on any atom is -0.488 e. The van der Waals surface area contributed by atoms with Crippen molar-refractivity contribution in [2.45, 2.75) is 6.61 Å². The first-order valence-electron chi connectivity index (χ1n) is 6.38. The van der Waals surface area contributed by atoms with E-state index in [9.17, 15) is 0 Å². The normalized spacial score (nSPS) is 10.6. The second-order valence-electron chi connectivity index (χ2n) is 4.51. The van der Waals surface area contributed by atoms with E-state index in [1.807, 2.05) is 42.5 Å². The second-order valence-corrected chi connectivity index (χ2v) is 6.10. The van der Waals surface area contributed by atoms with E-state index in [1.165, 1.54) is 0 Å². The highest BCUT2D eigenvalue weighted by Gasteiger charge is 2.09. The van der Waals surface area contributed by atoms with Gasteiger partial charge in [-0.3, -0.25) is 0 Å². The molecule has 0 spiro atoms. The van der Waals surface area contributed by atoms with Gasteiger partial charge in [0.2, 0.25) is 5.89 Å². The molecule has 0 atom stereocenters. The van der Waals surface area contributed by atoms with Gasteiger partial charge >= 0.3 is 6.01 Å². The molecule has 0 amide bonds. The predicted molar refractivity (Wildman–Crippen MR) is 92.6 cm³/mol. The Bertz CT molecular complexity index is 790. The highest BCUT2D eigenvalue weighted by atomic mass is 127. The summed E-state index contributed by atoms with van der Waals surface area (Å²) in [6.07, 6.45) is 0. The van der Waals surface area contributed by atoms with Crippen molar-refractivity contribution in [3.63, 3.8) is 0 Å². The van der Waals surface area contributed by atoms with Crippen molar-refractivity contribution in [2.24, 2.45) is 0 Å². The summed E-state index contributed by atoms with van der Waals surface area (Å²) in [6, 6.07) is 13.2. The SMILES string of the molecule is Nc1nnc(-c2ccc(OCc3ccc(Cl)cc3)c(I)c2)o1. The Kier molecular flexibility index (Phi) is 4.49. The molecular formula is C15H11ClIN3O2. The Morgan fingerprint density at radius 3 is 2.55 bits per heavy atom. The number of nitrogen functional groups attached to an aromatic ring is 1. The largest absolute Gasteiger partial charge is 0.488 e. The molecule has 0 aliphatic heterocycles. The molecule has 0 saturated carbocycles. The van der Waals surface area contributed by atoms with Crippen LogP contribution >= 0.6 is 34.2 Å². The average molecular weight is 428 g/mol. The van der Waals surface area contributed by atoms with Crippen molar-refractivity contribution in [1.82, 2.24) is 10.2 Å². The van der Waals surface area contributed by atoms with Crippen LogP contribution in [0.1, 0.15) is 5.56 Å². The fraction of sp³-hybridized carbons (Fsp3) is 0.0667. The van der Waals surface area contributed by atoms with Gasteiger partial charge < -0.3 is 14.9 Å². The molecule has 0 bridgehead atoms. The number of benzene rings is 2. The van der Waals surface area contributed by atoms with Crippen molar-refractivity contribution in [3.8, 4) is 17.2 Å². The molecule has 3 aromatic rings. The molecule has 0 radical (unpaired) electrons. The Labute approximate surface area is 145 Å². The minimum atomic E-state index is 0.0491. The Morgan fingerprint density at radius 1 is 1.14 bits per heavy atom. The van der Waals surface area contributed by atoms with E-state index in [1.54, 1.807) is 0 Å². The van der Waals surface area contributed by atoms with Crippen LogP contribution in [-0.2, 0) is 6.61 Å². The summed E-state index contributed by atoms with van der Waals surface area (Å²) >= 11 is 8.06. The number of aromatic nitrogens is 2. The fourth-order valence-electron chi connectivity index (χ4n) is 1.84. The van der Waals surface area contributed by atoms with Crippen molar-refractivity contribution < 1.29 is 9.15 Å². The lowest BCUT2D eigenvalue weighted by molar-refractivity contribution is 0.304. The van der Waals surface area contributed by atoms with Crippen LogP contribution in [0.5, 0.6) is 5.75 Å². The molecule has 5 nitrogen and oxygen atoms in total. The molecule has 3 rings (SSSR count). The first-order chi connectivity index (χ1) is 10.6. The Balaban J connectivity index is 1.73. The van der Waals surface area contributed by atoms with Gasteiger partial charge in [0.25, 0.3) is 0 Å². The molecule has 1 heterocycles. The molecular weight excluding hydrogens is 417 g/mol. The summed E-state index contributed by atoms with van der Waals surface area (Å²) in [5.74, 6) is 1.17. The van der Waals surface area contributed by atoms with Gasteiger partial charge in [0.1, 0.15) is 12.4 Å². The summed E-state index contributed by atoms with van der Waals surface area (Å²) in [5.41, 5.74) is 7.28. The van der Waals surface area contributed by atoms with Crippen LogP contribution in [0.4, 0.5) is 6.01 Å². The fourth-order valence-corrected chi connectivity index (χ4v) is 2.64. The van der Waals surface area contributed by atoms with Crippen LogP contribution in [0.15, 0.2) is 46.9 Å². The first kappa shape index (κ1) is 15.1. The highest BCUT2D eigenvalue weighted by Crippen LogP contribution is 2.28. The molecule has 0 unspecified atom stereocenters. The van der Waals surface area contributed by atoms with Gasteiger partial charge in [0.05, 0.1) is 3.57 Å². The highest BCUT2D eigenvalue weighted by molar-refractivity contribution is 14.1. The van der Waals surface area contributed by atoms with Gasteiger partial charge in [0, 0.05) is 10.6 Å². The van der Waals surface area contributed by atoms with Crippen molar-refractivity contribution in [3.05, 3.63) is 56.6 Å². The number of rotatable bonds is 4. The van der Waals surface area contributed by atoms with E-state index < -0.39 is 0 Å². The van der Waals surface area contributed by atoms with E-state index in [0.717, 1.165) is 20.4 Å². The zero-order valence-electron chi connectivity index (χ0n) is 11.3. The third-order valence-corrected chi connectivity index (χ3v) is 4.02. The maximum atomic E-state index is 5.86. The van der Waals surface area contributed by atoms with Crippen LogP contribution in [0.3, 0.4) is 0 Å². The predicted octanol–water partition coefficient (Wildman–Crippen LogP) is 4.16. The summed E-state index contributed by atoms with van der Waals surface area (Å²) in [4.78, 5) is 0. The standard InChI is InChI=1S/C15H11ClIN3O2/c16-11-4-1-9(2-5-11)8-21-13-6-3-10(7-12(13)17)14-19-20-15(18)22-14/h1-7H,8H2,(H2,18,20). The van der Waals surface area contributed by atoms with E-state index in [0.29, 0.717) is 17.5 Å². The average Bonchev–Trinajstić information content (AvgIpc) is 2.94. The molecule has 1 aromatic heterocycles. The number of hydrogen-bond acceptors (Lipinski definition) is 5. The molecule has 2 aromatic carbocycles. The quantitative estimate of drug-likeness (QED) is 0.633. The van der Waals surface area contributed by atoms with Crippen molar-refractivity contribution >= 4 is 40.2 Å².